The Morgan fingerprint density at radius 3 is 2.29 bits per heavy atom. The van der Waals surface area contributed by atoms with Gasteiger partial charge in [-0.25, -0.2) is 13.1 Å². The second kappa shape index (κ2) is 7.51. The Balaban J connectivity index is 2.76. The fourth-order valence-electron chi connectivity index (χ4n) is 1.99. The van der Waals surface area contributed by atoms with Crippen molar-refractivity contribution in [2.75, 3.05) is 6.26 Å². The van der Waals surface area contributed by atoms with Crippen LogP contribution in [0.2, 0.25) is 0 Å². The second-order valence-corrected chi connectivity index (χ2v) is 7.36. The van der Waals surface area contributed by atoms with Crippen LogP contribution in [0.25, 0.3) is 0 Å². The van der Waals surface area contributed by atoms with E-state index in [1.807, 2.05) is 32.9 Å². The zero-order chi connectivity index (χ0) is 16.0. The Labute approximate surface area is 126 Å². The Hall–Kier alpha value is -1.47. The molecule has 0 aliphatic carbocycles. The van der Waals surface area contributed by atoms with Crippen LogP contribution in [0.4, 0.5) is 0 Å². The topological polar surface area (TPSA) is 88.2 Å². The number of pyridine rings is 1. The third-order valence-electron chi connectivity index (χ3n) is 2.94. The minimum Gasteiger partial charge on any atom is -0.348 e. The van der Waals surface area contributed by atoms with Gasteiger partial charge in [-0.2, -0.15) is 0 Å². The minimum absolute atomic E-state index is 0.200. The van der Waals surface area contributed by atoms with Gasteiger partial charge in [-0.05, 0) is 37.0 Å². The van der Waals surface area contributed by atoms with E-state index in [4.69, 9.17) is 0 Å². The molecule has 1 rings (SSSR count). The van der Waals surface area contributed by atoms with Gasteiger partial charge in [0.2, 0.25) is 15.9 Å². The molecule has 1 aromatic rings. The van der Waals surface area contributed by atoms with Gasteiger partial charge in [0.25, 0.3) is 0 Å². The van der Waals surface area contributed by atoms with E-state index in [2.05, 4.69) is 15.0 Å². The number of sulfonamides is 1. The molecule has 1 heterocycles. The number of hydrogen-bond donors (Lipinski definition) is 2. The zero-order valence-corrected chi connectivity index (χ0v) is 13.6. The molecule has 7 heteroatoms. The van der Waals surface area contributed by atoms with Gasteiger partial charge in [0.1, 0.15) is 6.04 Å². The van der Waals surface area contributed by atoms with Crippen LogP contribution in [0.5, 0.6) is 0 Å². The number of nitrogens with zero attached hydrogens (tertiary/aromatic N) is 1. The number of carbonyl (C=O) groups is 1. The normalized spacial score (nSPS) is 14.7. The van der Waals surface area contributed by atoms with Gasteiger partial charge >= 0.3 is 0 Å². The second-order valence-electron chi connectivity index (χ2n) is 5.58. The summed E-state index contributed by atoms with van der Waals surface area (Å²) in [5.74, 6) is -0.121. The molecule has 2 atom stereocenters. The molecule has 1 aromatic heterocycles. The van der Waals surface area contributed by atoms with Gasteiger partial charge in [-0.3, -0.25) is 9.78 Å². The smallest absolute Gasteiger partial charge is 0.238 e. The van der Waals surface area contributed by atoms with E-state index < -0.39 is 16.1 Å². The monoisotopic (exact) mass is 313 g/mol. The Morgan fingerprint density at radius 1 is 1.24 bits per heavy atom. The first-order valence-corrected chi connectivity index (χ1v) is 8.75. The van der Waals surface area contributed by atoms with Gasteiger partial charge in [-0.15, -0.1) is 0 Å². The molecule has 0 fully saturated rings. The molecule has 0 unspecified atom stereocenters. The molecule has 0 saturated carbocycles. The lowest BCUT2D eigenvalue weighted by molar-refractivity contribution is -0.123. The summed E-state index contributed by atoms with van der Waals surface area (Å²) in [6.45, 7) is 5.73. The average Bonchev–Trinajstić information content (AvgIpc) is 2.36. The van der Waals surface area contributed by atoms with Gasteiger partial charge in [0, 0.05) is 12.4 Å². The van der Waals surface area contributed by atoms with Crippen molar-refractivity contribution in [2.24, 2.45) is 5.92 Å². The maximum atomic E-state index is 12.3. The van der Waals surface area contributed by atoms with Crippen LogP contribution in [0, 0.1) is 5.92 Å². The van der Waals surface area contributed by atoms with Crippen molar-refractivity contribution in [1.82, 2.24) is 15.0 Å². The lowest BCUT2D eigenvalue weighted by Crippen LogP contribution is -2.47. The van der Waals surface area contributed by atoms with Crippen molar-refractivity contribution in [3.8, 4) is 0 Å². The van der Waals surface area contributed by atoms with Crippen LogP contribution >= 0.6 is 0 Å². The molecule has 1 amide bonds. The van der Waals surface area contributed by atoms with Crippen LogP contribution < -0.4 is 10.0 Å². The van der Waals surface area contributed by atoms with Crippen molar-refractivity contribution < 1.29 is 13.2 Å². The summed E-state index contributed by atoms with van der Waals surface area (Å²) in [6.07, 6.45) is 4.80. The van der Waals surface area contributed by atoms with E-state index in [1.54, 1.807) is 12.4 Å². The molecule has 6 nitrogen and oxygen atoms in total. The van der Waals surface area contributed by atoms with Gasteiger partial charge < -0.3 is 5.32 Å². The predicted octanol–water partition coefficient (Wildman–Crippen LogP) is 1.22. The Bertz CT molecular complexity index is 558. The fraction of sp³-hybridized carbons (Fsp3) is 0.571. The maximum Gasteiger partial charge on any atom is 0.238 e. The first kappa shape index (κ1) is 17.6. The molecule has 0 spiro atoms. The van der Waals surface area contributed by atoms with Gasteiger partial charge in [-0.1, -0.05) is 13.8 Å². The third kappa shape index (κ3) is 6.68. The fourth-order valence-corrected chi connectivity index (χ4v) is 2.71. The Morgan fingerprint density at radius 2 is 1.81 bits per heavy atom. The van der Waals surface area contributed by atoms with Crippen LogP contribution in [-0.4, -0.2) is 31.6 Å². The first-order chi connectivity index (χ1) is 9.69. The largest absolute Gasteiger partial charge is 0.348 e. The van der Waals surface area contributed by atoms with Crippen molar-refractivity contribution in [3.05, 3.63) is 30.1 Å². The first-order valence-electron chi connectivity index (χ1n) is 6.86. The van der Waals surface area contributed by atoms with Crippen LogP contribution in [0.1, 0.15) is 38.8 Å². The molecule has 118 valence electrons. The quantitative estimate of drug-likeness (QED) is 0.792. The summed E-state index contributed by atoms with van der Waals surface area (Å²) in [5.41, 5.74) is 0.918. The molecule has 0 bridgehead atoms. The molecule has 0 aliphatic rings. The highest BCUT2D eigenvalue weighted by atomic mass is 32.2. The number of hydrogen-bond acceptors (Lipinski definition) is 4. The summed E-state index contributed by atoms with van der Waals surface area (Å²) in [4.78, 5) is 16.2. The highest BCUT2D eigenvalue weighted by Crippen LogP contribution is 2.12. The minimum atomic E-state index is -3.44. The third-order valence-corrected chi connectivity index (χ3v) is 3.66. The van der Waals surface area contributed by atoms with E-state index in [-0.39, 0.29) is 17.9 Å². The molecule has 0 saturated heterocycles. The molecule has 0 aromatic carbocycles. The van der Waals surface area contributed by atoms with E-state index in [1.165, 1.54) is 0 Å². The number of aromatic nitrogens is 1. The van der Waals surface area contributed by atoms with E-state index in [9.17, 15) is 13.2 Å². The Kier molecular flexibility index (Phi) is 6.29. The maximum absolute atomic E-state index is 12.3. The van der Waals surface area contributed by atoms with E-state index >= 15 is 0 Å². The number of carbonyl (C=O) groups excluding carboxylic acids is 1. The van der Waals surface area contributed by atoms with Crippen molar-refractivity contribution in [2.45, 2.75) is 39.3 Å². The molecular weight excluding hydrogens is 290 g/mol. The zero-order valence-electron chi connectivity index (χ0n) is 12.8. The lowest BCUT2D eigenvalue weighted by Gasteiger charge is -2.22. The average molecular weight is 313 g/mol. The van der Waals surface area contributed by atoms with Gasteiger partial charge in [0.05, 0.1) is 12.3 Å². The summed E-state index contributed by atoms with van der Waals surface area (Å²) < 4.78 is 25.2. The van der Waals surface area contributed by atoms with Crippen LogP contribution in [0.3, 0.4) is 0 Å². The van der Waals surface area contributed by atoms with Crippen LogP contribution in [-0.2, 0) is 14.8 Å². The lowest BCUT2D eigenvalue weighted by atomic mass is 10.0. The van der Waals surface area contributed by atoms with Gasteiger partial charge in [0.15, 0.2) is 0 Å². The highest BCUT2D eigenvalue weighted by Gasteiger charge is 2.24. The molecule has 0 aliphatic heterocycles. The number of amides is 1. The molecular formula is C14H23N3O3S. The summed E-state index contributed by atoms with van der Waals surface area (Å²) >= 11 is 0. The number of rotatable bonds is 7. The summed E-state index contributed by atoms with van der Waals surface area (Å²) in [5, 5.41) is 2.83. The highest BCUT2D eigenvalue weighted by molar-refractivity contribution is 7.88. The number of nitrogens with one attached hydrogen (secondary N) is 2. The van der Waals surface area contributed by atoms with Crippen molar-refractivity contribution in [3.63, 3.8) is 0 Å². The SMILES string of the molecule is CC(C)C[C@@H](NS(C)(=O)=O)C(=O)N[C@@H](C)c1ccncc1. The van der Waals surface area contributed by atoms with E-state index in [0.29, 0.717) is 6.42 Å². The molecule has 2 N–H and O–H groups in total. The summed E-state index contributed by atoms with van der Waals surface area (Å²) in [6, 6.07) is 2.65. The van der Waals surface area contributed by atoms with Crippen molar-refractivity contribution in [1.29, 1.82) is 0 Å². The van der Waals surface area contributed by atoms with Crippen LogP contribution in [0.15, 0.2) is 24.5 Å². The molecule has 0 radical (unpaired) electrons. The predicted molar refractivity (Wildman–Crippen MR) is 82.0 cm³/mol. The standard InChI is InChI=1S/C14H23N3O3S/c1-10(2)9-13(17-21(4,19)20)14(18)16-11(3)12-5-7-15-8-6-12/h5-8,10-11,13,17H,9H2,1-4H3,(H,16,18)/t11-,13+/m0/s1. The van der Waals surface area contributed by atoms with Crippen molar-refractivity contribution >= 4 is 15.9 Å². The van der Waals surface area contributed by atoms with E-state index in [0.717, 1.165) is 11.8 Å². The molecule has 21 heavy (non-hydrogen) atoms. The summed E-state index contributed by atoms with van der Waals surface area (Å²) in [7, 11) is -3.44.